The van der Waals surface area contributed by atoms with E-state index in [1.807, 2.05) is 46.1 Å². The Morgan fingerprint density at radius 1 is 1.38 bits per heavy atom. The van der Waals surface area contributed by atoms with E-state index >= 15 is 0 Å². The van der Waals surface area contributed by atoms with Crippen LogP contribution in [0.1, 0.15) is 29.0 Å². The van der Waals surface area contributed by atoms with Gasteiger partial charge in [-0.15, -0.1) is 0 Å². The topological polar surface area (TPSA) is 76.0 Å². The first-order chi connectivity index (χ1) is 12.7. The summed E-state index contributed by atoms with van der Waals surface area (Å²) in [6.45, 7) is 2.82. The SMILES string of the molecule is COC[C@H]1CCCN(C(=O)c2cc(Cn3cnc4ccccc43)[nH]n2)C1. The molecule has 1 atom stereocenters. The first kappa shape index (κ1) is 16.8. The van der Waals surface area contributed by atoms with Gasteiger partial charge in [-0.1, -0.05) is 12.1 Å². The maximum atomic E-state index is 12.8. The Morgan fingerprint density at radius 2 is 2.27 bits per heavy atom. The van der Waals surface area contributed by atoms with E-state index in [-0.39, 0.29) is 5.91 Å². The minimum atomic E-state index is -0.0104. The molecule has 1 fully saturated rings. The van der Waals surface area contributed by atoms with Crippen LogP contribution in [0.25, 0.3) is 11.0 Å². The van der Waals surface area contributed by atoms with E-state index in [1.165, 1.54) is 0 Å². The zero-order valence-electron chi connectivity index (χ0n) is 14.9. The number of H-pyrrole nitrogens is 1. The van der Waals surface area contributed by atoms with Crippen LogP contribution in [0.15, 0.2) is 36.7 Å². The van der Waals surface area contributed by atoms with Crippen LogP contribution < -0.4 is 0 Å². The summed E-state index contributed by atoms with van der Waals surface area (Å²) in [6.07, 6.45) is 3.93. The molecule has 7 heteroatoms. The lowest BCUT2D eigenvalue weighted by atomic mass is 9.99. The normalized spacial score (nSPS) is 17.7. The molecule has 1 aromatic carbocycles. The lowest BCUT2D eigenvalue weighted by Gasteiger charge is -2.31. The molecule has 0 radical (unpaired) electrons. The van der Waals surface area contributed by atoms with E-state index < -0.39 is 0 Å². The number of hydrogen-bond acceptors (Lipinski definition) is 4. The predicted molar refractivity (Wildman–Crippen MR) is 97.9 cm³/mol. The Bertz CT molecular complexity index is 898. The molecule has 3 heterocycles. The number of carbonyl (C=O) groups excluding carboxylic acids is 1. The maximum Gasteiger partial charge on any atom is 0.274 e. The molecule has 0 saturated carbocycles. The van der Waals surface area contributed by atoms with Gasteiger partial charge in [-0.2, -0.15) is 5.10 Å². The van der Waals surface area contributed by atoms with Crippen LogP contribution in [0, 0.1) is 5.92 Å². The number of amides is 1. The largest absolute Gasteiger partial charge is 0.384 e. The summed E-state index contributed by atoms with van der Waals surface area (Å²) in [4.78, 5) is 19.0. The number of aromatic amines is 1. The van der Waals surface area contributed by atoms with Gasteiger partial charge in [0.2, 0.25) is 0 Å². The van der Waals surface area contributed by atoms with Crippen molar-refractivity contribution in [2.75, 3.05) is 26.8 Å². The summed E-state index contributed by atoms with van der Waals surface area (Å²) in [7, 11) is 1.71. The number of aromatic nitrogens is 4. The number of hydrogen-bond donors (Lipinski definition) is 1. The summed E-state index contributed by atoms with van der Waals surface area (Å²) in [6, 6.07) is 9.84. The smallest absolute Gasteiger partial charge is 0.274 e. The second kappa shape index (κ2) is 7.29. The fourth-order valence-electron chi connectivity index (χ4n) is 3.66. The fourth-order valence-corrected chi connectivity index (χ4v) is 3.66. The van der Waals surface area contributed by atoms with Crippen molar-refractivity contribution < 1.29 is 9.53 Å². The second-order valence-corrected chi connectivity index (χ2v) is 6.85. The van der Waals surface area contributed by atoms with Crippen LogP contribution in [-0.4, -0.2) is 57.4 Å². The molecule has 0 aliphatic carbocycles. The highest BCUT2D eigenvalue weighted by atomic mass is 16.5. The van der Waals surface area contributed by atoms with E-state index in [2.05, 4.69) is 15.2 Å². The zero-order chi connectivity index (χ0) is 17.9. The number of likely N-dealkylation sites (tertiary alicyclic amines) is 1. The summed E-state index contributed by atoms with van der Waals surface area (Å²) in [5, 5.41) is 7.24. The van der Waals surface area contributed by atoms with Crippen LogP contribution in [0.2, 0.25) is 0 Å². The fraction of sp³-hybridized carbons (Fsp3) is 0.421. The third-order valence-electron chi connectivity index (χ3n) is 4.93. The Labute approximate surface area is 152 Å². The zero-order valence-corrected chi connectivity index (χ0v) is 14.9. The predicted octanol–water partition coefficient (Wildman–Crippen LogP) is 2.31. The lowest BCUT2D eigenvalue weighted by molar-refractivity contribution is 0.0565. The third-order valence-corrected chi connectivity index (χ3v) is 4.93. The average Bonchev–Trinajstić information content (AvgIpc) is 3.30. The molecular weight excluding hydrogens is 330 g/mol. The molecule has 4 rings (SSSR count). The van der Waals surface area contributed by atoms with Gasteiger partial charge in [0.25, 0.3) is 5.91 Å². The van der Waals surface area contributed by atoms with Gasteiger partial charge >= 0.3 is 0 Å². The van der Waals surface area contributed by atoms with Crippen LogP contribution >= 0.6 is 0 Å². The Hall–Kier alpha value is -2.67. The minimum Gasteiger partial charge on any atom is -0.384 e. The highest BCUT2D eigenvalue weighted by Gasteiger charge is 2.25. The van der Waals surface area contributed by atoms with Crippen LogP contribution in [0.5, 0.6) is 0 Å². The molecule has 1 saturated heterocycles. The van der Waals surface area contributed by atoms with Gasteiger partial charge in [-0.05, 0) is 37.0 Å². The van der Waals surface area contributed by atoms with E-state index in [9.17, 15) is 4.79 Å². The average molecular weight is 353 g/mol. The summed E-state index contributed by atoms with van der Waals surface area (Å²) < 4.78 is 7.29. The Kier molecular flexibility index (Phi) is 4.71. The molecule has 3 aromatic rings. The van der Waals surface area contributed by atoms with Crippen molar-refractivity contribution in [1.29, 1.82) is 0 Å². The monoisotopic (exact) mass is 353 g/mol. The number of ether oxygens (including phenoxy) is 1. The first-order valence-corrected chi connectivity index (χ1v) is 8.97. The minimum absolute atomic E-state index is 0.0104. The van der Waals surface area contributed by atoms with Crippen molar-refractivity contribution in [3.05, 3.63) is 48.0 Å². The second-order valence-electron chi connectivity index (χ2n) is 6.85. The maximum absolute atomic E-state index is 12.8. The van der Waals surface area contributed by atoms with Crippen molar-refractivity contribution in [3.63, 3.8) is 0 Å². The first-order valence-electron chi connectivity index (χ1n) is 8.97. The van der Waals surface area contributed by atoms with Gasteiger partial charge in [0.1, 0.15) is 5.69 Å². The summed E-state index contributed by atoms with van der Waals surface area (Å²) in [5.41, 5.74) is 3.39. The molecule has 2 aromatic heterocycles. The molecule has 1 N–H and O–H groups in total. The highest BCUT2D eigenvalue weighted by molar-refractivity contribution is 5.92. The van der Waals surface area contributed by atoms with Gasteiger partial charge < -0.3 is 14.2 Å². The number of nitrogens with zero attached hydrogens (tertiary/aromatic N) is 4. The van der Waals surface area contributed by atoms with E-state index in [0.29, 0.717) is 24.8 Å². The third kappa shape index (κ3) is 3.35. The Morgan fingerprint density at radius 3 is 3.15 bits per heavy atom. The molecule has 0 spiro atoms. The Balaban J connectivity index is 1.46. The van der Waals surface area contributed by atoms with Gasteiger partial charge in [0.15, 0.2) is 0 Å². The van der Waals surface area contributed by atoms with Crippen molar-refractivity contribution in [2.45, 2.75) is 19.4 Å². The molecule has 26 heavy (non-hydrogen) atoms. The lowest BCUT2D eigenvalue weighted by Crippen LogP contribution is -2.41. The van der Waals surface area contributed by atoms with Crippen LogP contribution in [-0.2, 0) is 11.3 Å². The molecule has 7 nitrogen and oxygen atoms in total. The van der Waals surface area contributed by atoms with Crippen molar-refractivity contribution >= 4 is 16.9 Å². The quantitative estimate of drug-likeness (QED) is 0.764. The highest BCUT2D eigenvalue weighted by Crippen LogP contribution is 2.19. The van der Waals surface area contributed by atoms with Gasteiger partial charge in [-0.25, -0.2) is 4.98 Å². The number of imidazole rings is 1. The molecule has 1 aliphatic heterocycles. The number of carbonyl (C=O) groups is 1. The van der Waals surface area contributed by atoms with Crippen molar-refractivity contribution in [2.24, 2.45) is 5.92 Å². The number of rotatable bonds is 5. The van der Waals surface area contributed by atoms with Crippen LogP contribution in [0.4, 0.5) is 0 Å². The van der Waals surface area contributed by atoms with E-state index in [1.54, 1.807) is 7.11 Å². The van der Waals surface area contributed by atoms with Gasteiger partial charge in [-0.3, -0.25) is 9.89 Å². The number of fused-ring (bicyclic) bond motifs is 1. The number of benzene rings is 1. The van der Waals surface area contributed by atoms with E-state index in [0.717, 1.165) is 42.7 Å². The number of methoxy groups -OCH3 is 1. The molecule has 1 amide bonds. The van der Waals surface area contributed by atoms with Gasteiger partial charge in [0.05, 0.1) is 36.2 Å². The number of nitrogens with one attached hydrogen (secondary N) is 1. The molecule has 136 valence electrons. The van der Waals surface area contributed by atoms with Crippen LogP contribution in [0.3, 0.4) is 0 Å². The standard InChI is InChI=1S/C19H23N5O2/c1-26-12-14-5-4-8-23(10-14)19(25)17-9-15(21-22-17)11-24-13-20-16-6-2-3-7-18(16)24/h2-3,6-7,9,13-14H,4-5,8,10-12H2,1H3,(H,21,22)/t14-/m0/s1. The van der Waals surface area contributed by atoms with Crippen molar-refractivity contribution in [1.82, 2.24) is 24.6 Å². The summed E-state index contributed by atoms with van der Waals surface area (Å²) >= 11 is 0. The van der Waals surface area contributed by atoms with Crippen molar-refractivity contribution in [3.8, 4) is 0 Å². The molecule has 0 unspecified atom stereocenters. The summed E-state index contributed by atoms with van der Waals surface area (Å²) in [5.74, 6) is 0.400. The van der Waals surface area contributed by atoms with E-state index in [4.69, 9.17) is 4.74 Å². The number of para-hydroxylation sites is 2. The molecular formula is C19H23N5O2. The molecule has 1 aliphatic rings. The molecule has 0 bridgehead atoms. The number of piperidine rings is 1. The van der Waals surface area contributed by atoms with Gasteiger partial charge in [0, 0.05) is 20.2 Å².